The molecule has 0 N–H and O–H groups in total. The Morgan fingerprint density at radius 3 is 2.00 bits per heavy atom. The molecule has 2 heterocycles. The molecule has 134 valence electrons. The van der Waals surface area contributed by atoms with Gasteiger partial charge in [-0.3, -0.25) is 19.0 Å². The Morgan fingerprint density at radius 2 is 1.42 bits per heavy atom. The van der Waals surface area contributed by atoms with Gasteiger partial charge in [-0.1, -0.05) is 34.8 Å². The minimum atomic E-state index is -0.819. The molecule has 1 aromatic carbocycles. The van der Waals surface area contributed by atoms with Gasteiger partial charge in [0.2, 0.25) is 0 Å². The number of carbonyl (C=O) groups excluding carboxylic acids is 2. The lowest BCUT2D eigenvalue weighted by Gasteiger charge is -2.15. The Kier molecular flexibility index (Phi) is 4.56. The van der Waals surface area contributed by atoms with Crippen molar-refractivity contribution in [3.05, 3.63) is 65.9 Å². The summed E-state index contributed by atoms with van der Waals surface area (Å²) in [5.41, 5.74) is -1.65. The van der Waals surface area contributed by atoms with Gasteiger partial charge >= 0.3 is 5.69 Å². The number of aryl methyl sites for hydroxylation is 1. The topological polar surface area (TPSA) is 81.4 Å². The number of halogens is 3. The van der Waals surface area contributed by atoms with Crippen LogP contribution in [0.2, 0.25) is 10.0 Å². The van der Waals surface area contributed by atoms with Gasteiger partial charge in [0.1, 0.15) is 5.03 Å². The minimum Gasteiger partial charge on any atom is -0.303 e. The highest BCUT2D eigenvalue weighted by Gasteiger charge is 2.40. The van der Waals surface area contributed by atoms with Crippen molar-refractivity contribution in [2.24, 2.45) is 14.1 Å². The van der Waals surface area contributed by atoms with Gasteiger partial charge in [-0.2, -0.15) is 0 Å². The zero-order valence-electron chi connectivity index (χ0n) is 13.4. The summed E-state index contributed by atoms with van der Waals surface area (Å²) in [7, 11) is 2.67. The maximum absolute atomic E-state index is 12.9. The Hall–Kier alpha value is -2.35. The molecule has 26 heavy (non-hydrogen) atoms. The second-order valence-electron chi connectivity index (χ2n) is 5.56. The van der Waals surface area contributed by atoms with Crippen LogP contribution in [0.4, 0.5) is 5.69 Å². The van der Waals surface area contributed by atoms with E-state index in [2.05, 4.69) is 0 Å². The summed E-state index contributed by atoms with van der Waals surface area (Å²) in [6, 6.07) is 4.18. The van der Waals surface area contributed by atoms with Crippen molar-refractivity contribution in [2.75, 3.05) is 4.90 Å². The van der Waals surface area contributed by atoms with Crippen LogP contribution in [0.5, 0.6) is 0 Å². The summed E-state index contributed by atoms with van der Waals surface area (Å²) in [6.07, 6.45) is 1.17. The first-order chi connectivity index (χ1) is 12.1. The maximum Gasteiger partial charge on any atom is 0.330 e. The maximum atomic E-state index is 12.9. The van der Waals surface area contributed by atoms with Gasteiger partial charge in [0.15, 0.2) is 0 Å². The van der Waals surface area contributed by atoms with E-state index >= 15 is 0 Å². The third-order valence-electron chi connectivity index (χ3n) is 3.85. The van der Waals surface area contributed by atoms with Crippen molar-refractivity contribution in [3.8, 4) is 0 Å². The molecule has 2 aromatic rings. The summed E-state index contributed by atoms with van der Waals surface area (Å²) >= 11 is 17.9. The largest absolute Gasteiger partial charge is 0.330 e. The first-order valence-electron chi connectivity index (χ1n) is 7.15. The van der Waals surface area contributed by atoms with Crippen LogP contribution in [-0.4, -0.2) is 20.9 Å². The lowest BCUT2D eigenvalue weighted by Crippen LogP contribution is -2.39. The molecule has 1 aliphatic heterocycles. The molecule has 0 saturated heterocycles. The molecular formula is C16H10Cl3N3O4. The van der Waals surface area contributed by atoms with Crippen LogP contribution in [0.3, 0.4) is 0 Å². The number of aromatic nitrogens is 2. The smallest absolute Gasteiger partial charge is 0.303 e. The van der Waals surface area contributed by atoms with Crippen LogP contribution in [0, 0.1) is 0 Å². The Bertz CT molecular complexity index is 1110. The van der Waals surface area contributed by atoms with Crippen molar-refractivity contribution in [2.45, 2.75) is 0 Å². The van der Waals surface area contributed by atoms with E-state index in [1.807, 2.05) is 0 Å². The highest BCUT2D eigenvalue weighted by molar-refractivity contribution is 6.60. The molecule has 3 rings (SSSR count). The predicted octanol–water partition coefficient (Wildman–Crippen LogP) is 1.91. The van der Waals surface area contributed by atoms with Crippen LogP contribution >= 0.6 is 34.8 Å². The molecule has 2 amide bonds. The van der Waals surface area contributed by atoms with Gasteiger partial charge in [-0.15, -0.1) is 0 Å². The molecule has 7 nitrogen and oxygen atoms in total. The third-order valence-corrected chi connectivity index (χ3v) is 4.64. The monoisotopic (exact) mass is 413 g/mol. The number of anilines is 1. The van der Waals surface area contributed by atoms with Crippen LogP contribution in [0.25, 0.3) is 5.57 Å². The van der Waals surface area contributed by atoms with Gasteiger partial charge in [0, 0.05) is 30.3 Å². The van der Waals surface area contributed by atoms with Crippen molar-refractivity contribution >= 4 is 57.9 Å². The van der Waals surface area contributed by atoms with Crippen LogP contribution in [0.15, 0.2) is 39.0 Å². The lowest BCUT2D eigenvalue weighted by molar-refractivity contribution is -0.119. The summed E-state index contributed by atoms with van der Waals surface area (Å²) in [6.45, 7) is 0. The normalized spacial score (nSPS) is 14.6. The molecule has 0 unspecified atom stereocenters. The van der Waals surface area contributed by atoms with E-state index in [0.29, 0.717) is 0 Å². The van der Waals surface area contributed by atoms with Gasteiger partial charge in [-0.05, 0) is 18.2 Å². The minimum absolute atomic E-state index is 0.118. The van der Waals surface area contributed by atoms with Crippen molar-refractivity contribution in [1.29, 1.82) is 0 Å². The van der Waals surface area contributed by atoms with Crippen molar-refractivity contribution in [1.82, 2.24) is 9.13 Å². The summed E-state index contributed by atoms with van der Waals surface area (Å²) in [4.78, 5) is 50.4. The fourth-order valence-corrected chi connectivity index (χ4v) is 3.40. The number of imide groups is 1. The summed E-state index contributed by atoms with van der Waals surface area (Å²) in [5, 5.41) is 0.00763. The number of nitrogens with zero attached hydrogens (tertiary/aromatic N) is 3. The molecule has 0 atom stereocenters. The Balaban J connectivity index is 2.20. The average molecular weight is 415 g/mol. The van der Waals surface area contributed by atoms with Gasteiger partial charge in [0.05, 0.1) is 16.8 Å². The van der Waals surface area contributed by atoms with Crippen LogP contribution < -0.4 is 16.1 Å². The molecule has 1 aromatic heterocycles. The van der Waals surface area contributed by atoms with E-state index in [4.69, 9.17) is 34.8 Å². The second kappa shape index (κ2) is 6.42. The van der Waals surface area contributed by atoms with Crippen LogP contribution in [0.1, 0.15) is 5.56 Å². The number of carbonyl (C=O) groups is 2. The number of hydrogen-bond donors (Lipinski definition) is 0. The number of hydrogen-bond acceptors (Lipinski definition) is 4. The van der Waals surface area contributed by atoms with E-state index in [0.717, 1.165) is 14.0 Å². The number of benzene rings is 1. The molecule has 0 bridgehead atoms. The lowest BCUT2D eigenvalue weighted by atomic mass is 10.1. The quantitative estimate of drug-likeness (QED) is 0.703. The van der Waals surface area contributed by atoms with E-state index < -0.39 is 28.1 Å². The molecule has 0 fully saturated rings. The van der Waals surface area contributed by atoms with E-state index in [1.165, 1.54) is 38.5 Å². The Morgan fingerprint density at radius 1 is 0.846 bits per heavy atom. The molecular weight excluding hydrogens is 405 g/mol. The summed E-state index contributed by atoms with van der Waals surface area (Å²) < 4.78 is 1.94. The molecule has 1 aliphatic rings. The average Bonchev–Trinajstić information content (AvgIpc) is 2.78. The fourth-order valence-electron chi connectivity index (χ4n) is 2.62. The highest BCUT2D eigenvalue weighted by Crippen LogP contribution is 2.35. The fraction of sp³-hybridized carbons (Fsp3) is 0.125. The third kappa shape index (κ3) is 2.78. The summed E-state index contributed by atoms with van der Waals surface area (Å²) in [5.74, 6) is -1.63. The van der Waals surface area contributed by atoms with E-state index in [-0.39, 0.29) is 26.9 Å². The van der Waals surface area contributed by atoms with E-state index in [9.17, 15) is 19.2 Å². The van der Waals surface area contributed by atoms with Crippen LogP contribution in [-0.2, 0) is 23.7 Å². The number of amides is 2. The zero-order valence-corrected chi connectivity index (χ0v) is 15.7. The van der Waals surface area contributed by atoms with Crippen molar-refractivity contribution in [3.63, 3.8) is 0 Å². The zero-order chi connectivity index (χ0) is 19.3. The van der Waals surface area contributed by atoms with Gasteiger partial charge in [0.25, 0.3) is 17.4 Å². The van der Waals surface area contributed by atoms with Crippen molar-refractivity contribution < 1.29 is 9.59 Å². The molecule has 0 saturated carbocycles. The second-order valence-corrected chi connectivity index (χ2v) is 6.81. The molecule has 10 heteroatoms. The predicted molar refractivity (Wildman–Crippen MR) is 98.7 cm³/mol. The SMILES string of the molecule is Cn1cc(C2=C(Cl)C(=O)N(c3cc(Cl)cc(Cl)c3)C2=O)c(=O)n(C)c1=O. The van der Waals surface area contributed by atoms with Gasteiger partial charge < -0.3 is 4.57 Å². The van der Waals surface area contributed by atoms with E-state index in [1.54, 1.807) is 0 Å². The molecule has 0 aliphatic carbocycles. The first-order valence-corrected chi connectivity index (χ1v) is 8.28. The van der Waals surface area contributed by atoms with Gasteiger partial charge in [-0.25, -0.2) is 9.69 Å². The first kappa shape index (κ1) is 18.4. The molecule has 0 radical (unpaired) electrons. The molecule has 0 spiro atoms. The number of rotatable bonds is 2. The standard InChI is InChI=1S/C16H10Cl3N3O4/c1-20-6-10(13(23)21(2)16(20)26)11-12(19)15(25)22(14(11)24)9-4-7(17)3-8(18)5-9/h3-6H,1-2H3. The Labute approximate surface area is 161 Å². The highest BCUT2D eigenvalue weighted by atomic mass is 35.5.